The van der Waals surface area contributed by atoms with Gasteiger partial charge < -0.3 is 15.6 Å². The van der Waals surface area contributed by atoms with Crippen molar-refractivity contribution in [3.63, 3.8) is 0 Å². The summed E-state index contributed by atoms with van der Waals surface area (Å²) in [6, 6.07) is 21.6. The Morgan fingerprint density at radius 3 is 2.55 bits per heavy atom. The third-order valence-electron chi connectivity index (χ3n) is 6.40. The smallest absolute Gasteiger partial charge is 0.326 e. The van der Waals surface area contributed by atoms with Crippen LogP contribution in [0.5, 0.6) is 0 Å². The molecule has 3 aromatic carbocycles. The maximum absolute atomic E-state index is 13.0. The highest BCUT2D eigenvalue weighted by molar-refractivity contribution is 5.87. The number of hydrogen-bond donors (Lipinski definition) is 2. The number of para-hydroxylation sites is 2. The van der Waals surface area contributed by atoms with Gasteiger partial charge in [0, 0.05) is 19.1 Å². The maximum atomic E-state index is 13.0. The molecule has 0 spiro atoms. The Morgan fingerprint density at radius 1 is 1.00 bits per heavy atom. The number of nitrogens with one attached hydrogen (secondary N) is 1. The van der Waals surface area contributed by atoms with Gasteiger partial charge in [0.15, 0.2) is 0 Å². The Morgan fingerprint density at radius 2 is 1.71 bits per heavy atom. The van der Waals surface area contributed by atoms with Gasteiger partial charge in [-0.25, -0.2) is 4.79 Å². The van der Waals surface area contributed by atoms with Crippen LogP contribution < -0.4 is 11.4 Å². The van der Waals surface area contributed by atoms with E-state index in [-0.39, 0.29) is 17.6 Å². The summed E-state index contributed by atoms with van der Waals surface area (Å²) in [6.45, 7) is 1.22. The van der Waals surface area contributed by atoms with E-state index in [0.717, 1.165) is 40.2 Å². The number of carbonyl (C=O) groups is 1. The Hall–Kier alpha value is -3.38. The van der Waals surface area contributed by atoms with Crippen LogP contribution in [-0.4, -0.2) is 39.5 Å². The number of aromatic nitrogens is 2. The number of imidazole rings is 1. The SMILES string of the molecule is NC(Cc1cccc2ccccc12)C(=O)N1CCC(n2c(=O)[nH]c3ccccc32)CC1. The zero-order valence-corrected chi connectivity index (χ0v) is 17.3. The van der Waals surface area contributed by atoms with Gasteiger partial charge in [0.2, 0.25) is 5.91 Å². The summed E-state index contributed by atoms with van der Waals surface area (Å²) in [6.07, 6.45) is 2.00. The van der Waals surface area contributed by atoms with E-state index < -0.39 is 6.04 Å². The number of carbonyl (C=O) groups excluding carboxylic acids is 1. The van der Waals surface area contributed by atoms with Crippen LogP contribution in [0.25, 0.3) is 21.8 Å². The highest BCUT2D eigenvalue weighted by atomic mass is 16.2. The monoisotopic (exact) mass is 414 g/mol. The molecule has 0 radical (unpaired) electrons. The van der Waals surface area contributed by atoms with E-state index in [1.54, 1.807) is 0 Å². The number of aromatic amines is 1. The molecule has 1 atom stereocenters. The lowest BCUT2D eigenvalue weighted by Crippen LogP contribution is -2.48. The van der Waals surface area contributed by atoms with Crippen LogP contribution in [0.4, 0.5) is 0 Å². The largest absolute Gasteiger partial charge is 0.341 e. The molecule has 1 amide bonds. The number of fused-ring (bicyclic) bond motifs is 2. The Labute approximate surface area is 180 Å². The molecule has 1 aliphatic heterocycles. The number of piperidine rings is 1. The third kappa shape index (κ3) is 3.64. The van der Waals surface area contributed by atoms with Gasteiger partial charge in [-0.2, -0.15) is 0 Å². The highest BCUT2D eigenvalue weighted by Crippen LogP contribution is 2.26. The quantitative estimate of drug-likeness (QED) is 0.538. The van der Waals surface area contributed by atoms with Crippen LogP contribution in [0, 0.1) is 0 Å². The molecule has 0 saturated carbocycles. The predicted molar refractivity (Wildman–Crippen MR) is 123 cm³/mol. The Balaban J connectivity index is 1.27. The van der Waals surface area contributed by atoms with Crippen molar-refractivity contribution in [1.82, 2.24) is 14.5 Å². The molecule has 31 heavy (non-hydrogen) atoms. The van der Waals surface area contributed by atoms with E-state index in [9.17, 15) is 9.59 Å². The molecule has 1 aromatic heterocycles. The lowest BCUT2D eigenvalue weighted by atomic mass is 9.97. The van der Waals surface area contributed by atoms with Crippen molar-refractivity contribution in [3.05, 3.63) is 82.8 Å². The number of nitrogens with two attached hydrogens (primary N) is 1. The van der Waals surface area contributed by atoms with Crippen molar-refractivity contribution in [2.45, 2.75) is 31.3 Å². The van der Waals surface area contributed by atoms with E-state index in [1.807, 2.05) is 58.0 Å². The van der Waals surface area contributed by atoms with Gasteiger partial charge >= 0.3 is 5.69 Å². The number of nitrogens with zero attached hydrogens (tertiary/aromatic N) is 2. The molecule has 0 bridgehead atoms. The maximum Gasteiger partial charge on any atom is 0.326 e. The summed E-state index contributed by atoms with van der Waals surface area (Å²) in [4.78, 5) is 30.3. The molecule has 1 fully saturated rings. The molecule has 158 valence electrons. The first-order chi connectivity index (χ1) is 15.1. The minimum atomic E-state index is -0.571. The fourth-order valence-corrected chi connectivity index (χ4v) is 4.81. The first-order valence-corrected chi connectivity index (χ1v) is 10.8. The van der Waals surface area contributed by atoms with E-state index in [2.05, 4.69) is 23.2 Å². The van der Waals surface area contributed by atoms with Crippen molar-refractivity contribution in [1.29, 1.82) is 0 Å². The zero-order chi connectivity index (χ0) is 21.4. The van der Waals surface area contributed by atoms with E-state index in [1.165, 1.54) is 0 Å². The average Bonchev–Trinajstić information content (AvgIpc) is 3.14. The summed E-state index contributed by atoms with van der Waals surface area (Å²) in [7, 11) is 0. The van der Waals surface area contributed by atoms with Crippen LogP contribution in [0.2, 0.25) is 0 Å². The lowest BCUT2D eigenvalue weighted by molar-refractivity contribution is -0.133. The topological polar surface area (TPSA) is 84.1 Å². The van der Waals surface area contributed by atoms with Gasteiger partial charge in [-0.15, -0.1) is 0 Å². The third-order valence-corrected chi connectivity index (χ3v) is 6.40. The summed E-state index contributed by atoms with van der Waals surface area (Å²) in [5.74, 6) is -0.0161. The van der Waals surface area contributed by atoms with Crippen molar-refractivity contribution in [2.24, 2.45) is 5.73 Å². The van der Waals surface area contributed by atoms with Crippen LogP contribution in [0.3, 0.4) is 0 Å². The fourth-order valence-electron chi connectivity index (χ4n) is 4.81. The second-order valence-corrected chi connectivity index (χ2v) is 8.32. The summed E-state index contributed by atoms with van der Waals surface area (Å²) >= 11 is 0. The molecular weight excluding hydrogens is 388 g/mol. The number of likely N-dealkylation sites (tertiary alicyclic amines) is 1. The minimum Gasteiger partial charge on any atom is -0.341 e. The minimum absolute atomic E-state index is 0.0161. The lowest BCUT2D eigenvalue weighted by Gasteiger charge is -2.34. The standard InChI is InChI=1S/C25H26N4O2/c26-21(16-18-8-5-7-17-6-1-2-9-20(17)18)24(30)28-14-12-19(13-15-28)29-23-11-4-3-10-22(23)27-25(29)31/h1-11,19,21H,12-16,26H2,(H,27,31). The molecule has 2 heterocycles. The van der Waals surface area contributed by atoms with Crippen LogP contribution in [0.1, 0.15) is 24.4 Å². The number of hydrogen-bond acceptors (Lipinski definition) is 3. The molecule has 5 rings (SSSR count). The molecular formula is C25H26N4O2. The molecule has 6 heteroatoms. The van der Waals surface area contributed by atoms with Crippen molar-refractivity contribution < 1.29 is 4.79 Å². The van der Waals surface area contributed by atoms with Gasteiger partial charge in [0.25, 0.3) is 0 Å². The van der Waals surface area contributed by atoms with Gasteiger partial charge in [0.1, 0.15) is 0 Å². The summed E-state index contributed by atoms with van der Waals surface area (Å²) < 4.78 is 1.84. The summed E-state index contributed by atoms with van der Waals surface area (Å²) in [5, 5.41) is 2.30. The fraction of sp³-hybridized carbons (Fsp3) is 0.280. The van der Waals surface area contributed by atoms with Gasteiger partial charge in [-0.1, -0.05) is 54.6 Å². The van der Waals surface area contributed by atoms with Crippen LogP contribution in [0.15, 0.2) is 71.5 Å². The van der Waals surface area contributed by atoms with E-state index >= 15 is 0 Å². The molecule has 6 nitrogen and oxygen atoms in total. The molecule has 1 aliphatic rings. The highest BCUT2D eigenvalue weighted by Gasteiger charge is 2.28. The number of benzene rings is 3. The van der Waals surface area contributed by atoms with E-state index in [4.69, 9.17) is 5.73 Å². The second-order valence-electron chi connectivity index (χ2n) is 8.32. The Bertz CT molecular complexity index is 1290. The molecule has 1 saturated heterocycles. The molecule has 1 unspecified atom stereocenters. The van der Waals surface area contributed by atoms with Gasteiger partial charge in [-0.3, -0.25) is 9.36 Å². The molecule has 4 aromatic rings. The zero-order valence-electron chi connectivity index (χ0n) is 17.3. The number of amides is 1. The molecule has 3 N–H and O–H groups in total. The second kappa shape index (κ2) is 8.04. The number of rotatable bonds is 4. The van der Waals surface area contributed by atoms with Crippen LogP contribution in [-0.2, 0) is 11.2 Å². The van der Waals surface area contributed by atoms with Crippen LogP contribution >= 0.6 is 0 Å². The first kappa shape index (κ1) is 19.6. The number of H-pyrrole nitrogens is 1. The molecule has 0 aliphatic carbocycles. The van der Waals surface area contributed by atoms with Crippen molar-refractivity contribution in [3.8, 4) is 0 Å². The van der Waals surface area contributed by atoms with Gasteiger partial charge in [-0.05, 0) is 47.7 Å². The normalized spacial score (nSPS) is 16.1. The van der Waals surface area contributed by atoms with Crippen molar-refractivity contribution >= 4 is 27.7 Å². The van der Waals surface area contributed by atoms with E-state index in [0.29, 0.717) is 19.5 Å². The predicted octanol–water partition coefficient (Wildman–Crippen LogP) is 3.22. The summed E-state index contributed by atoms with van der Waals surface area (Å²) in [5.41, 5.74) is 9.13. The van der Waals surface area contributed by atoms with Gasteiger partial charge in [0.05, 0.1) is 17.1 Å². The average molecular weight is 415 g/mol. The Kier molecular flexibility index (Phi) is 5.08. The first-order valence-electron chi connectivity index (χ1n) is 10.8. The van der Waals surface area contributed by atoms with Crippen molar-refractivity contribution in [2.75, 3.05) is 13.1 Å².